The fourth-order valence-electron chi connectivity index (χ4n) is 5.52. The average molecular weight is 525 g/mol. The first-order valence-corrected chi connectivity index (χ1v) is 13.2. The molecule has 1 aliphatic carbocycles. The van der Waals surface area contributed by atoms with Crippen molar-refractivity contribution in [3.05, 3.63) is 112 Å². The SMILES string of the molecule is COC(=O)c1ccc2cc(C(=O)c3cc(OCc4ccc(F)cc4)c4c(c3)C(C)(C)CCC4(C)C)ccc2c1. The van der Waals surface area contributed by atoms with Crippen LogP contribution in [0.25, 0.3) is 10.8 Å². The van der Waals surface area contributed by atoms with Gasteiger partial charge in [0.25, 0.3) is 0 Å². The Kier molecular flexibility index (Phi) is 6.79. The Labute approximate surface area is 228 Å². The van der Waals surface area contributed by atoms with Gasteiger partial charge in [-0.05, 0) is 88.0 Å². The van der Waals surface area contributed by atoms with E-state index in [1.807, 2.05) is 30.3 Å². The van der Waals surface area contributed by atoms with Crippen LogP contribution in [0.2, 0.25) is 0 Å². The van der Waals surface area contributed by atoms with Crippen molar-refractivity contribution in [2.75, 3.05) is 7.11 Å². The third kappa shape index (κ3) is 5.18. The molecule has 0 N–H and O–H groups in total. The Bertz CT molecular complexity index is 1580. The van der Waals surface area contributed by atoms with Crippen molar-refractivity contribution in [2.24, 2.45) is 0 Å². The summed E-state index contributed by atoms with van der Waals surface area (Å²) in [6, 6.07) is 21.0. The lowest BCUT2D eigenvalue weighted by molar-refractivity contribution is 0.0600. The Hall–Kier alpha value is -3.99. The van der Waals surface area contributed by atoms with Gasteiger partial charge in [-0.1, -0.05) is 58.0 Å². The van der Waals surface area contributed by atoms with Gasteiger partial charge in [-0.2, -0.15) is 0 Å². The Balaban J connectivity index is 1.56. The summed E-state index contributed by atoms with van der Waals surface area (Å²) < 4.78 is 24.6. The Morgan fingerprint density at radius 2 is 1.38 bits per heavy atom. The fraction of sp³-hybridized carbons (Fsp3) is 0.294. The average Bonchev–Trinajstić information content (AvgIpc) is 2.93. The monoisotopic (exact) mass is 524 g/mol. The van der Waals surface area contributed by atoms with Crippen LogP contribution in [-0.2, 0) is 22.2 Å². The molecule has 0 heterocycles. The van der Waals surface area contributed by atoms with Crippen molar-refractivity contribution in [1.29, 1.82) is 0 Å². The van der Waals surface area contributed by atoms with Gasteiger partial charge in [0.15, 0.2) is 5.78 Å². The number of hydrogen-bond donors (Lipinski definition) is 0. The van der Waals surface area contributed by atoms with Gasteiger partial charge in [-0.15, -0.1) is 0 Å². The number of hydrogen-bond acceptors (Lipinski definition) is 4. The lowest BCUT2D eigenvalue weighted by Crippen LogP contribution is -2.34. The van der Waals surface area contributed by atoms with Crippen LogP contribution < -0.4 is 4.74 Å². The number of carbonyl (C=O) groups excluding carboxylic acids is 2. The number of benzene rings is 4. The molecule has 39 heavy (non-hydrogen) atoms. The zero-order chi connectivity index (χ0) is 27.9. The van der Waals surface area contributed by atoms with Crippen molar-refractivity contribution in [1.82, 2.24) is 0 Å². The molecule has 0 radical (unpaired) electrons. The summed E-state index contributed by atoms with van der Waals surface area (Å²) in [4.78, 5) is 25.8. The molecule has 0 spiro atoms. The molecule has 5 rings (SSSR count). The van der Waals surface area contributed by atoms with Crippen LogP contribution in [0.15, 0.2) is 72.8 Å². The number of esters is 1. The first-order valence-electron chi connectivity index (χ1n) is 13.2. The summed E-state index contributed by atoms with van der Waals surface area (Å²) in [5.41, 5.74) is 4.47. The molecule has 0 aliphatic heterocycles. The van der Waals surface area contributed by atoms with Gasteiger partial charge in [-0.25, -0.2) is 9.18 Å². The number of ketones is 1. The van der Waals surface area contributed by atoms with Gasteiger partial charge in [0.1, 0.15) is 18.2 Å². The minimum Gasteiger partial charge on any atom is -0.489 e. The maximum absolute atomic E-state index is 13.9. The minimum absolute atomic E-state index is 0.0949. The first-order chi connectivity index (χ1) is 18.5. The van der Waals surface area contributed by atoms with Gasteiger partial charge in [0.2, 0.25) is 0 Å². The van der Waals surface area contributed by atoms with Crippen LogP contribution in [-0.4, -0.2) is 18.9 Å². The predicted molar refractivity (Wildman–Crippen MR) is 151 cm³/mol. The smallest absolute Gasteiger partial charge is 0.337 e. The number of carbonyl (C=O) groups is 2. The van der Waals surface area contributed by atoms with Gasteiger partial charge < -0.3 is 9.47 Å². The summed E-state index contributed by atoms with van der Waals surface area (Å²) in [5.74, 6) is -0.0858. The summed E-state index contributed by atoms with van der Waals surface area (Å²) in [7, 11) is 1.35. The third-order valence-electron chi connectivity index (χ3n) is 7.98. The Morgan fingerprint density at radius 1 is 0.769 bits per heavy atom. The second-order valence-corrected chi connectivity index (χ2v) is 11.7. The second-order valence-electron chi connectivity index (χ2n) is 11.7. The molecule has 5 heteroatoms. The highest BCUT2D eigenvalue weighted by molar-refractivity contribution is 6.11. The second kappa shape index (κ2) is 9.96. The van der Waals surface area contributed by atoms with E-state index in [9.17, 15) is 14.0 Å². The van der Waals surface area contributed by atoms with E-state index in [1.54, 1.807) is 30.3 Å². The number of ether oxygens (including phenoxy) is 2. The van der Waals surface area contributed by atoms with E-state index in [0.717, 1.165) is 40.3 Å². The molecule has 0 fully saturated rings. The van der Waals surface area contributed by atoms with Crippen LogP contribution in [0, 0.1) is 5.82 Å². The highest BCUT2D eigenvalue weighted by atomic mass is 19.1. The lowest BCUT2D eigenvalue weighted by Gasteiger charge is -2.42. The predicted octanol–water partition coefficient (Wildman–Crippen LogP) is 7.92. The standard InChI is InChI=1S/C34H33FO4/c1-33(2)14-15-34(3,4)30-28(33)18-26(19-29(30)39-20-21-6-12-27(35)13-7-21)31(36)24-10-8-23-17-25(32(37)38-5)11-9-22(23)16-24/h6-13,16-19H,14-15,20H2,1-5H3. The molecule has 0 unspecified atom stereocenters. The van der Waals surface area contributed by atoms with Crippen LogP contribution in [0.5, 0.6) is 5.75 Å². The molecule has 0 aromatic heterocycles. The van der Waals surface area contributed by atoms with E-state index in [0.29, 0.717) is 22.4 Å². The molecular weight excluding hydrogens is 491 g/mol. The molecule has 4 nitrogen and oxygen atoms in total. The van der Waals surface area contributed by atoms with Crippen LogP contribution in [0.4, 0.5) is 4.39 Å². The van der Waals surface area contributed by atoms with Gasteiger partial charge in [0.05, 0.1) is 12.7 Å². The topological polar surface area (TPSA) is 52.6 Å². The number of fused-ring (bicyclic) bond motifs is 2. The minimum atomic E-state index is -0.398. The van der Waals surface area contributed by atoms with E-state index < -0.39 is 5.97 Å². The summed E-state index contributed by atoms with van der Waals surface area (Å²) in [6.45, 7) is 9.15. The molecule has 4 aromatic rings. The molecule has 0 bridgehead atoms. The van der Waals surface area contributed by atoms with E-state index in [1.165, 1.54) is 19.2 Å². The first kappa shape index (κ1) is 26.6. The van der Waals surface area contributed by atoms with Crippen LogP contribution in [0.1, 0.15) is 83.5 Å². The normalized spacial score (nSPS) is 15.4. The Morgan fingerprint density at radius 3 is 2.05 bits per heavy atom. The van der Waals surface area contributed by atoms with Crippen LogP contribution in [0.3, 0.4) is 0 Å². The number of methoxy groups -OCH3 is 1. The quantitative estimate of drug-likeness (QED) is 0.190. The fourth-order valence-corrected chi connectivity index (χ4v) is 5.52. The number of halogens is 1. The van der Waals surface area contributed by atoms with E-state index >= 15 is 0 Å². The summed E-state index contributed by atoms with van der Waals surface area (Å²) in [5, 5.41) is 1.71. The molecule has 4 aromatic carbocycles. The van der Waals surface area contributed by atoms with Crippen molar-refractivity contribution in [3.63, 3.8) is 0 Å². The molecule has 200 valence electrons. The third-order valence-corrected chi connectivity index (χ3v) is 7.98. The van der Waals surface area contributed by atoms with Crippen molar-refractivity contribution < 1.29 is 23.5 Å². The molecule has 0 atom stereocenters. The van der Waals surface area contributed by atoms with E-state index in [-0.39, 0.29) is 29.0 Å². The van der Waals surface area contributed by atoms with E-state index in [2.05, 4.69) is 27.7 Å². The molecule has 0 amide bonds. The highest BCUT2D eigenvalue weighted by Crippen LogP contribution is 2.50. The van der Waals surface area contributed by atoms with Gasteiger partial charge in [0, 0.05) is 16.7 Å². The zero-order valence-corrected chi connectivity index (χ0v) is 23.1. The summed E-state index contributed by atoms with van der Waals surface area (Å²) >= 11 is 0. The molecule has 0 saturated carbocycles. The molecule has 0 saturated heterocycles. The van der Waals surface area contributed by atoms with Crippen molar-refractivity contribution in [3.8, 4) is 5.75 Å². The maximum Gasteiger partial charge on any atom is 0.337 e. The molecule has 1 aliphatic rings. The van der Waals surface area contributed by atoms with Crippen molar-refractivity contribution >= 4 is 22.5 Å². The zero-order valence-electron chi connectivity index (χ0n) is 23.1. The largest absolute Gasteiger partial charge is 0.489 e. The highest BCUT2D eigenvalue weighted by Gasteiger charge is 2.40. The van der Waals surface area contributed by atoms with Gasteiger partial charge >= 0.3 is 5.97 Å². The van der Waals surface area contributed by atoms with Crippen molar-refractivity contribution in [2.45, 2.75) is 58.0 Å². The molecular formula is C34H33FO4. The summed E-state index contributed by atoms with van der Waals surface area (Å²) in [6.07, 6.45) is 2.01. The lowest BCUT2D eigenvalue weighted by atomic mass is 9.62. The van der Waals surface area contributed by atoms with Crippen LogP contribution >= 0.6 is 0 Å². The number of rotatable bonds is 6. The van der Waals surface area contributed by atoms with E-state index in [4.69, 9.17) is 9.47 Å². The van der Waals surface area contributed by atoms with Gasteiger partial charge in [-0.3, -0.25) is 4.79 Å². The maximum atomic E-state index is 13.9.